The van der Waals surface area contributed by atoms with E-state index in [9.17, 15) is 14.0 Å². The van der Waals surface area contributed by atoms with Crippen molar-refractivity contribution in [3.8, 4) is 0 Å². The van der Waals surface area contributed by atoms with E-state index in [0.717, 1.165) is 6.07 Å². The zero-order valence-corrected chi connectivity index (χ0v) is 8.23. The van der Waals surface area contributed by atoms with Gasteiger partial charge in [-0.15, -0.1) is 0 Å². The molecule has 0 aliphatic rings. The molecule has 0 radical (unpaired) electrons. The van der Waals surface area contributed by atoms with Crippen molar-refractivity contribution in [1.82, 2.24) is 0 Å². The summed E-state index contributed by atoms with van der Waals surface area (Å²) in [4.78, 5) is 21.9. The topological polar surface area (TPSA) is 60.2 Å². The Balaban J connectivity index is 3.15. The summed E-state index contributed by atoms with van der Waals surface area (Å²) in [5.74, 6) is -0.729. The van der Waals surface area contributed by atoms with Crippen LogP contribution in [0.5, 0.6) is 0 Å². The molecule has 2 N–H and O–H groups in total. The second kappa shape index (κ2) is 4.23. The van der Waals surface area contributed by atoms with Crippen LogP contribution in [0.2, 0.25) is 0 Å². The molecule has 0 unspecified atom stereocenters. The van der Waals surface area contributed by atoms with Crippen molar-refractivity contribution in [1.29, 1.82) is 0 Å². The Morgan fingerprint density at radius 2 is 2.07 bits per heavy atom. The summed E-state index contributed by atoms with van der Waals surface area (Å²) in [7, 11) is 0. The van der Waals surface area contributed by atoms with Crippen LogP contribution in [0.3, 0.4) is 0 Å². The number of primary amides is 1. The molecule has 1 aromatic rings. The number of hydrogen-bond acceptors (Lipinski definition) is 3. The number of rotatable bonds is 2. The van der Waals surface area contributed by atoms with Crippen LogP contribution in [0, 0.1) is 5.82 Å². The van der Waals surface area contributed by atoms with Gasteiger partial charge in [0.15, 0.2) is 5.78 Å². The first-order chi connectivity index (χ1) is 6.50. The highest BCUT2D eigenvalue weighted by Gasteiger charge is 2.11. The third-order valence-electron chi connectivity index (χ3n) is 1.53. The van der Waals surface area contributed by atoms with Crippen molar-refractivity contribution >= 4 is 22.8 Å². The molecule has 0 fully saturated rings. The minimum atomic E-state index is -0.668. The largest absolute Gasteiger partial charge is 0.360 e. The average molecular weight is 213 g/mol. The molecule has 0 spiro atoms. The van der Waals surface area contributed by atoms with E-state index in [-0.39, 0.29) is 10.7 Å². The molecule has 0 atom stereocenters. The molecule has 3 nitrogen and oxygen atoms in total. The van der Waals surface area contributed by atoms with Crippen molar-refractivity contribution in [2.24, 2.45) is 5.73 Å². The lowest BCUT2D eigenvalue weighted by Crippen LogP contribution is -2.04. The number of carbonyl (C=O) groups is 2. The Kier molecular flexibility index (Phi) is 3.24. The zero-order valence-electron chi connectivity index (χ0n) is 7.41. The summed E-state index contributed by atoms with van der Waals surface area (Å²) in [5, 5.41) is -0.668. The number of ketones is 1. The lowest BCUT2D eigenvalue weighted by atomic mass is 10.1. The van der Waals surface area contributed by atoms with Gasteiger partial charge in [0.1, 0.15) is 5.82 Å². The summed E-state index contributed by atoms with van der Waals surface area (Å²) >= 11 is 0.646. The van der Waals surface area contributed by atoms with E-state index in [4.69, 9.17) is 5.73 Å². The predicted octanol–water partition coefficient (Wildman–Crippen LogP) is 2.20. The van der Waals surface area contributed by atoms with Crippen LogP contribution >= 0.6 is 11.8 Å². The van der Waals surface area contributed by atoms with E-state index in [0.29, 0.717) is 17.3 Å². The highest BCUT2D eigenvalue weighted by molar-refractivity contribution is 8.13. The molecule has 74 valence electrons. The van der Waals surface area contributed by atoms with E-state index in [1.54, 1.807) is 0 Å². The standard InChI is InChI=1S/C9H8FNO2S/c1-5(12)7-3-2-6(10)4-8(7)14-9(11)13/h2-4H,1H3,(H2,11,13). The van der Waals surface area contributed by atoms with E-state index >= 15 is 0 Å². The van der Waals surface area contributed by atoms with Gasteiger partial charge in [-0.25, -0.2) is 4.39 Å². The molecule has 14 heavy (non-hydrogen) atoms. The van der Waals surface area contributed by atoms with Gasteiger partial charge in [0.25, 0.3) is 5.24 Å². The SMILES string of the molecule is CC(=O)c1ccc(F)cc1SC(N)=O. The number of nitrogens with two attached hydrogens (primary N) is 1. The van der Waals surface area contributed by atoms with Crippen molar-refractivity contribution < 1.29 is 14.0 Å². The summed E-state index contributed by atoms with van der Waals surface area (Å²) in [6, 6.07) is 3.62. The Bertz CT molecular complexity index is 392. The van der Waals surface area contributed by atoms with Crippen molar-refractivity contribution in [3.63, 3.8) is 0 Å². The number of amides is 1. The summed E-state index contributed by atoms with van der Waals surface area (Å²) in [5.41, 5.74) is 5.23. The summed E-state index contributed by atoms with van der Waals surface area (Å²) < 4.78 is 12.8. The molecule has 1 aromatic carbocycles. The third-order valence-corrected chi connectivity index (χ3v) is 2.29. The van der Waals surface area contributed by atoms with Gasteiger partial charge < -0.3 is 5.73 Å². The molecular weight excluding hydrogens is 205 g/mol. The Labute approximate surface area is 84.5 Å². The molecule has 0 aromatic heterocycles. The molecule has 0 saturated carbocycles. The highest BCUT2D eigenvalue weighted by Crippen LogP contribution is 2.24. The van der Waals surface area contributed by atoms with Gasteiger partial charge in [-0.3, -0.25) is 9.59 Å². The monoisotopic (exact) mass is 213 g/mol. The number of carbonyl (C=O) groups excluding carboxylic acids is 2. The first-order valence-corrected chi connectivity index (χ1v) is 4.60. The molecular formula is C9H8FNO2S. The van der Waals surface area contributed by atoms with Gasteiger partial charge in [0, 0.05) is 10.5 Å². The van der Waals surface area contributed by atoms with Gasteiger partial charge in [0.2, 0.25) is 0 Å². The number of Topliss-reactive ketones (excluding diaryl/α,β-unsaturated/α-hetero) is 1. The lowest BCUT2D eigenvalue weighted by Gasteiger charge is -2.03. The fraction of sp³-hybridized carbons (Fsp3) is 0.111. The van der Waals surface area contributed by atoms with Crippen LogP contribution in [0.15, 0.2) is 23.1 Å². The minimum Gasteiger partial charge on any atom is -0.360 e. The fourth-order valence-electron chi connectivity index (χ4n) is 0.980. The Hall–Kier alpha value is -1.36. The van der Waals surface area contributed by atoms with Crippen molar-refractivity contribution in [2.45, 2.75) is 11.8 Å². The first kappa shape index (κ1) is 10.7. The third kappa shape index (κ3) is 2.56. The van der Waals surface area contributed by atoms with Crippen LogP contribution in [0.25, 0.3) is 0 Å². The van der Waals surface area contributed by atoms with Crippen molar-refractivity contribution in [2.75, 3.05) is 0 Å². The zero-order chi connectivity index (χ0) is 10.7. The number of halogens is 1. The van der Waals surface area contributed by atoms with Crippen LogP contribution in [-0.2, 0) is 0 Å². The van der Waals surface area contributed by atoms with E-state index in [1.807, 2.05) is 0 Å². The van der Waals surface area contributed by atoms with Crippen LogP contribution in [-0.4, -0.2) is 11.0 Å². The number of benzene rings is 1. The van der Waals surface area contributed by atoms with E-state index < -0.39 is 11.1 Å². The van der Waals surface area contributed by atoms with Gasteiger partial charge in [-0.05, 0) is 36.9 Å². The normalized spacial score (nSPS) is 9.86. The quantitative estimate of drug-likeness (QED) is 0.605. The molecule has 0 saturated heterocycles. The smallest absolute Gasteiger partial charge is 0.281 e. The van der Waals surface area contributed by atoms with E-state index in [1.165, 1.54) is 19.1 Å². The minimum absolute atomic E-state index is 0.228. The predicted molar refractivity (Wildman–Crippen MR) is 51.8 cm³/mol. The Morgan fingerprint density at radius 1 is 1.43 bits per heavy atom. The van der Waals surface area contributed by atoms with Crippen LogP contribution in [0.4, 0.5) is 9.18 Å². The summed E-state index contributed by atoms with van der Waals surface area (Å²) in [6.07, 6.45) is 0. The summed E-state index contributed by atoms with van der Waals surface area (Å²) in [6.45, 7) is 1.35. The molecule has 0 heterocycles. The molecule has 5 heteroatoms. The van der Waals surface area contributed by atoms with Gasteiger partial charge in [-0.2, -0.15) is 0 Å². The van der Waals surface area contributed by atoms with Gasteiger partial charge >= 0.3 is 0 Å². The maximum absolute atomic E-state index is 12.8. The van der Waals surface area contributed by atoms with Crippen LogP contribution < -0.4 is 5.73 Å². The molecule has 1 amide bonds. The average Bonchev–Trinajstić information content (AvgIpc) is 2.01. The highest BCUT2D eigenvalue weighted by atomic mass is 32.2. The number of hydrogen-bond donors (Lipinski definition) is 1. The maximum atomic E-state index is 12.8. The first-order valence-electron chi connectivity index (χ1n) is 3.78. The van der Waals surface area contributed by atoms with Gasteiger partial charge in [0.05, 0.1) is 0 Å². The van der Waals surface area contributed by atoms with Crippen molar-refractivity contribution in [3.05, 3.63) is 29.6 Å². The molecule has 0 aliphatic carbocycles. The molecule has 1 rings (SSSR count). The second-order valence-corrected chi connectivity index (χ2v) is 3.66. The fourth-order valence-corrected chi connectivity index (χ4v) is 1.69. The number of thioether (sulfide) groups is 1. The van der Waals surface area contributed by atoms with E-state index in [2.05, 4.69) is 0 Å². The lowest BCUT2D eigenvalue weighted by molar-refractivity contribution is 0.101. The van der Waals surface area contributed by atoms with Gasteiger partial charge in [-0.1, -0.05) is 0 Å². The Morgan fingerprint density at radius 3 is 2.57 bits per heavy atom. The van der Waals surface area contributed by atoms with Crippen LogP contribution in [0.1, 0.15) is 17.3 Å². The maximum Gasteiger partial charge on any atom is 0.281 e. The molecule has 0 aliphatic heterocycles. The second-order valence-electron chi connectivity index (χ2n) is 2.62. The molecule has 0 bridgehead atoms.